The van der Waals surface area contributed by atoms with Crippen molar-refractivity contribution < 1.29 is 24.0 Å². The van der Waals surface area contributed by atoms with Crippen LogP contribution in [0.4, 0.5) is 17.1 Å². The topological polar surface area (TPSA) is 128 Å². The van der Waals surface area contributed by atoms with Crippen LogP contribution in [0.1, 0.15) is 26.3 Å². The number of aryl methyl sites for hydroxylation is 1. The summed E-state index contributed by atoms with van der Waals surface area (Å²) < 4.78 is 6.43. The lowest BCUT2D eigenvalue weighted by molar-refractivity contribution is -0.384. The van der Waals surface area contributed by atoms with Crippen LogP contribution >= 0.6 is 43.5 Å². The number of para-hydroxylation sites is 1. The summed E-state index contributed by atoms with van der Waals surface area (Å²) in [4.78, 5) is 47.9. The van der Waals surface area contributed by atoms with E-state index in [1.165, 1.54) is 18.2 Å². The Morgan fingerprint density at radius 2 is 1.66 bits per heavy atom. The van der Waals surface area contributed by atoms with Gasteiger partial charge in [0.05, 0.1) is 32.4 Å². The lowest BCUT2D eigenvalue weighted by Crippen LogP contribution is -2.22. The minimum Gasteiger partial charge on any atom is -0.452 e. The first-order chi connectivity index (χ1) is 16.6. The molecule has 0 heterocycles. The molecule has 12 heteroatoms. The van der Waals surface area contributed by atoms with Gasteiger partial charge in [-0.3, -0.25) is 19.7 Å². The summed E-state index contributed by atoms with van der Waals surface area (Å²) in [5, 5.41) is 15.9. The number of hydrogen-bond donors (Lipinski definition) is 2. The fourth-order valence-corrected chi connectivity index (χ4v) is 4.84. The molecule has 180 valence electrons. The average Bonchev–Trinajstić information content (AvgIpc) is 2.80. The second kappa shape index (κ2) is 11.4. The maximum atomic E-state index is 12.7. The summed E-state index contributed by atoms with van der Waals surface area (Å²) in [5.41, 5.74) is 1.30. The molecular weight excluding hydrogens is 610 g/mol. The Morgan fingerprint density at radius 1 is 1.00 bits per heavy atom. The van der Waals surface area contributed by atoms with E-state index in [1.807, 2.05) is 19.1 Å². The summed E-state index contributed by atoms with van der Waals surface area (Å²) in [5.74, 6) is -2.09. The lowest BCUT2D eigenvalue weighted by atomic mass is 10.1. The first-order valence-electron chi connectivity index (χ1n) is 9.83. The number of rotatable bonds is 7. The SMILES string of the molecule is Cc1cc(Br)c(NC(=O)COC(=O)c2ccccc2NC(=O)c2ccc([N+](=O)[O-])cc2Cl)c(Br)c1. The molecule has 0 fully saturated rings. The third-order valence-corrected chi connectivity index (χ3v) is 6.15. The van der Waals surface area contributed by atoms with E-state index >= 15 is 0 Å². The molecule has 0 saturated carbocycles. The van der Waals surface area contributed by atoms with Crippen LogP contribution < -0.4 is 10.6 Å². The van der Waals surface area contributed by atoms with Crippen molar-refractivity contribution >= 4 is 78.3 Å². The van der Waals surface area contributed by atoms with Crippen molar-refractivity contribution in [2.45, 2.75) is 6.92 Å². The second-order valence-electron chi connectivity index (χ2n) is 7.15. The number of carbonyl (C=O) groups is 3. The van der Waals surface area contributed by atoms with E-state index in [2.05, 4.69) is 42.5 Å². The number of carbonyl (C=O) groups excluding carboxylic acids is 3. The fourth-order valence-electron chi connectivity index (χ4n) is 2.97. The van der Waals surface area contributed by atoms with Gasteiger partial charge in [-0.25, -0.2) is 4.79 Å². The summed E-state index contributed by atoms with van der Waals surface area (Å²) in [6.45, 7) is 1.33. The highest BCUT2D eigenvalue weighted by Gasteiger charge is 2.20. The van der Waals surface area contributed by atoms with Crippen LogP contribution in [0.5, 0.6) is 0 Å². The number of nitrogens with zero attached hydrogens (tertiary/aromatic N) is 1. The van der Waals surface area contributed by atoms with Crippen molar-refractivity contribution in [3.05, 3.63) is 95.4 Å². The molecule has 2 amide bonds. The van der Waals surface area contributed by atoms with Gasteiger partial charge in [-0.2, -0.15) is 0 Å². The van der Waals surface area contributed by atoms with Gasteiger partial charge in [-0.1, -0.05) is 23.7 Å². The molecule has 0 unspecified atom stereocenters. The summed E-state index contributed by atoms with van der Waals surface area (Å²) >= 11 is 12.8. The quantitative estimate of drug-likeness (QED) is 0.185. The number of benzene rings is 3. The minimum atomic E-state index is -0.840. The minimum absolute atomic E-state index is 0.00406. The number of nitro groups is 1. The molecule has 0 aliphatic rings. The molecule has 0 aliphatic carbocycles. The number of non-ortho nitro benzene ring substituents is 1. The van der Waals surface area contributed by atoms with E-state index in [-0.39, 0.29) is 27.5 Å². The van der Waals surface area contributed by atoms with Crippen LogP contribution in [0.25, 0.3) is 0 Å². The van der Waals surface area contributed by atoms with Crippen LogP contribution in [-0.4, -0.2) is 29.3 Å². The molecule has 0 spiro atoms. The van der Waals surface area contributed by atoms with Crippen LogP contribution in [0.15, 0.2) is 63.5 Å². The number of nitro benzene ring substituents is 1. The highest BCUT2D eigenvalue weighted by molar-refractivity contribution is 9.11. The first-order valence-corrected chi connectivity index (χ1v) is 11.8. The van der Waals surface area contributed by atoms with Crippen molar-refractivity contribution in [2.75, 3.05) is 17.2 Å². The van der Waals surface area contributed by atoms with Gasteiger partial charge in [0.15, 0.2) is 6.61 Å². The zero-order valence-electron chi connectivity index (χ0n) is 17.9. The predicted octanol–water partition coefficient (Wildman–Crippen LogP) is 6.13. The number of esters is 1. The smallest absolute Gasteiger partial charge is 0.340 e. The first kappa shape index (κ1) is 26.3. The van der Waals surface area contributed by atoms with Crippen molar-refractivity contribution in [1.29, 1.82) is 0 Å². The number of halogens is 3. The van der Waals surface area contributed by atoms with Crippen molar-refractivity contribution in [3.8, 4) is 0 Å². The molecule has 3 rings (SSSR count). The molecule has 3 aromatic rings. The maximum absolute atomic E-state index is 12.7. The van der Waals surface area contributed by atoms with Gasteiger partial charge in [0.25, 0.3) is 17.5 Å². The average molecular weight is 626 g/mol. The Balaban J connectivity index is 1.68. The van der Waals surface area contributed by atoms with E-state index in [0.717, 1.165) is 17.7 Å². The number of amides is 2. The molecule has 9 nitrogen and oxygen atoms in total. The normalized spacial score (nSPS) is 10.4. The summed E-state index contributed by atoms with van der Waals surface area (Å²) in [7, 11) is 0. The highest BCUT2D eigenvalue weighted by Crippen LogP contribution is 2.32. The molecule has 0 aromatic heterocycles. The van der Waals surface area contributed by atoms with E-state index in [0.29, 0.717) is 14.6 Å². The third-order valence-electron chi connectivity index (χ3n) is 4.59. The Bertz CT molecular complexity index is 1330. The van der Waals surface area contributed by atoms with Crippen LogP contribution in [0.2, 0.25) is 5.02 Å². The van der Waals surface area contributed by atoms with E-state index < -0.39 is 29.3 Å². The third kappa shape index (κ3) is 6.65. The molecule has 0 radical (unpaired) electrons. The number of hydrogen-bond acceptors (Lipinski definition) is 6. The van der Waals surface area contributed by atoms with Crippen molar-refractivity contribution in [1.82, 2.24) is 0 Å². The Kier molecular flexibility index (Phi) is 8.60. The van der Waals surface area contributed by atoms with Gasteiger partial charge in [-0.15, -0.1) is 0 Å². The maximum Gasteiger partial charge on any atom is 0.340 e. The molecule has 0 bridgehead atoms. The van der Waals surface area contributed by atoms with Gasteiger partial charge in [0.1, 0.15) is 0 Å². The standard InChI is InChI=1S/C23H16Br2ClN3O6/c1-12-8-16(24)21(17(25)9-12)28-20(30)11-35-23(32)15-4-2-3-5-19(15)27-22(31)14-7-6-13(29(33)34)10-18(14)26/h2-10H,11H2,1H3,(H,27,31)(H,28,30). The molecule has 0 aliphatic heterocycles. The van der Waals surface area contributed by atoms with E-state index in [1.54, 1.807) is 12.1 Å². The van der Waals surface area contributed by atoms with Crippen molar-refractivity contribution in [2.24, 2.45) is 0 Å². The monoisotopic (exact) mass is 623 g/mol. The fraction of sp³-hybridized carbons (Fsp3) is 0.0870. The van der Waals surface area contributed by atoms with Gasteiger partial charge >= 0.3 is 5.97 Å². The lowest BCUT2D eigenvalue weighted by Gasteiger charge is -2.13. The molecular formula is C23H16Br2ClN3O6. The Hall–Kier alpha value is -3.28. The number of anilines is 2. The van der Waals surface area contributed by atoms with Crippen LogP contribution in [0, 0.1) is 17.0 Å². The molecule has 3 aromatic carbocycles. The molecule has 2 N–H and O–H groups in total. The van der Waals surface area contributed by atoms with E-state index in [9.17, 15) is 24.5 Å². The van der Waals surface area contributed by atoms with Gasteiger partial charge < -0.3 is 15.4 Å². The molecule has 0 atom stereocenters. The Morgan fingerprint density at radius 3 is 2.29 bits per heavy atom. The summed E-state index contributed by atoms with van der Waals surface area (Å²) in [6, 6.07) is 13.1. The number of nitrogens with one attached hydrogen (secondary N) is 2. The Labute approximate surface area is 221 Å². The van der Waals surface area contributed by atoms with E-state index in [4.69, 9.17) is 16.3 Å². The predicted molar refractivity (Wildman–Crippen MR) is 138 cm³/mol. The zero-order chi connectivity index (χ0) is 25.7. The van der Waals surface area contributed by atoms with Crippen LogP contribution in [-0.2, 0) is 9.53 Å². The highest BCUT2D eigenvalue weighted by atomic mass is 79.9. The molecule has 0 saturated heterocycles. The second-order valence-corrected chi connectivity index (χ2v) is 9.26. The number of ether oxygens (including phenoxy) is 1. The van der Waals surface area contributed by atoms with Crippen LogP contribution in [0.3, 0.4) is 0 Å². The van der Waals surface area contributed by atoms with Gasteiger partial charge in [0.2, 0.25) is 0 Å². The molecule has 35 heavy (non-hydrogen) atoms. The van der Waals surface area contributed by atoms with Gasteiger partial charge in [0, 0.05) is 21.1 Å². The largest absolute Gasteiger partial charge is 0.452 e. The summed E-state index contributed by atoms with van der Waals surface area (Å²) in [6.07, 6.45) is 0. The zero-order valence-corrected chi connectivity index (χ0v) is 21.9. The van der Waals surface area contributed by atoms with Crippen molar-refractivity contribution in [3.63, 3.8) is 0 Å². The van der Waals surface area contributed by atoms with Gasteiger partial charge in [-0.05, 0) is 74.7 Å².